The SMILES string of the molecule is CCc1cc(C#N)ncc1N(C)c1cc2c(ncn2C)c(N=C(c2ccccc2)c2ccccc2)n1. The van der Waals surface area contributed by atoms with Gasteiger partial charge < -0.3 is 9.47 Å². The molecule has 0 atom stereocenters. The van der Waals surface area contributed by atoms with Crippen molar-refractivity contribution in [3.8, 4) is 6.07 Å². The fourth-order valence-electron chi connectivity index (χ4n) is 4.20. The van der Waals surface area contributed by atoms with Crippen LogP contribution in [0, 0.1) is 11.3 Å². The molecule has 0 saturated carbocycles. The molecule has 176 valence electrons. The molecule has 7 heteroatoms. The maximum atomic E-state index is 9.27. The van der Waals surface area contributed by atoms with E-state index in [1.807, 2.05) is 96.4 Å². The normalized spacial score (nSPS) is 10.7. The van der Waals surface area contributed by atoms with Gasteiger partial charge in [-0.2, -0.15) is 5.26 Å². The molecular weight excluding hydrogens is 446 g/mol. The molecule has 3 aromatic heterocycles. The van der Waals surface area contributed by atoms with Crippen LogP contribution in [-0.2, 0) is 13.5 Å². The smallest absolute Gasteiger partial charge is 0.183 e. The number of benzene rings is 2. The second-order valence-corrected chi connectivity index (χ2v) is 8.44. The molecule has 0 fully saturated rings. The van der Waals surface area contributed by atoms with E-state index in [-0.39, 0.29) is 0 Å². The summed E-state index contributed by atoms with van der Waals surface area (Å²) in [6.07, 6.45) is 4.28. The third kappa shape index (κ3) is 4.32. The van der Waals surface area contributed by atoms with Gasteiger partial charge in [0.2, 0.25) is 0 Å². The van der Waals surface area contributed by atoms with Crippen molar-refractivity contribution in [1.82, 2.24) is 19.5 Å². The molecule has 0 saturated heterocycles. The first-order valence-corrected chi connectivity index (χ1v) is 11.7. The molecule has 0 aliphatic heterocycles. The Morgan fingerprint density at radius 2 is 1.67 bits per heavy atom. The van der Waals surface area contributed by atoms with Crippen LogP contribution in [0.15, 0.2) is 90.3 Å². The minimum Gasteiger partial charge on any atom is -0.334 e. The van der Waals surface area contributed by atoms with E-state index in [0.717, 1.165) is 45.5 Å². The van der Waals surface area contributed by atoms with Crippen molar-refractivity contribution in [1.29, 1.82) is 5.26 Å². The average Bonchev–Trinajstić information content (AvgIpc) is 3.32. The summed E-state index contributed by atoms with van der Waals surface area (Å²) in [6.45, 7) is 2.06. The van der Waals surface area contributed by atoms with Crippen LogP contribution in [0.3, 0.4) is 0 Å². The molecule has 0 bridgehead atoms. The van der Waals surface area contributed by atoms with Gasteiger partial charge in [0.05, 0.1) is 29.4 Å². The minimum atomic E-state index is 0.402. The lowest BCUT2D eigenvalue weighted by atomic mass is 10.0. The number of nitriles is 1. The molecule has 0 aliphatic carbocycles. The average molecular weight is 472 g/mol. The lowest BCUT2D eigenvalue weighted by Gasteiger charge is -2.21. The molecule has 0 radical (unpaired) electrons. The van der Waals surface area contributed by atoms with Crippen molar-refractivity contribution in [2.45, 2.75) is 13.3 Å². The van der Waals surface area contributed by atoms with Crippen LogP contribution in [0.2, 0.25) is 0 Å². The molecule has 5 aromatic rings. The number of hydrogen-bond donors (Lipinski definition) is 0. The molecule has 7 nitrogen and oxygen atoms in total. The number of nitrogens with zero attached hydrogens (tertiary/aromatic N) is 7. The summed E-state index contributed by atoms with van der Waals surface area (Å²) >= 11 is 0. The highest BCUT2D eigenvalue weighted by Crippen LogP contribution is 2.32. The zero-order valence-electron chi connectivity index (χ0n) is 20.4. The number of hydrogen-bond acceptors (Lipinski definition) is 6. The lowest BCUT2D eigenvalue weighted by Crippen LogP contribution is -2.14. The number of anilines is 2. The van der Waals surface area contributed by atoms with Gasteiger partial charge in [-0.05, 0) is 18.1 Å². The Morgan fingerprint density at radius 1 is 1.00 bits per heavy atom. The monoisotopic (exact) mass is 471 g/mol. The Morgan fingerprint density at radius 3 is 2.28 bits per heavy atom. The van der Waals surface area contributed by atoms with Gasteiger partial charge in [0.15, 0.2) is 5.82 Å². The van der Waals surface area contributed by atoms with Crippen LogP contribution >= 0.6 is 0 Å². The summed E-state index contributed by atoms with van der Waals surface area (Å²) in [7, 11) is 3.91. The summed E-state index contributed by atoms with van der Waals surface area (Å²) in [6, 6.07) is 26.2. The second-order valence-electron chi connectivity index (χ2n) is 8.44. The molecule has 0 N–H and O–H groups in total. The van der Waals surface area contributed by atoms with Crippen molar-refractivity contribution >= 4 is 34.1 Å². The Bertz CT molecular complexity index is 1550. The van der Waals surface area contributed by atoms with Gasteiger partial charge in [-0.3, -0.25) is 0 Å². The third-order valence-corrected chi connectivity index (χ3v) is 6.16. The Hall–Kier alpha value is -4.83. The van der Waals surface area contributed by atoms with Gasteiger partial charge in [-0.1, -0.05) is 67.6 Å². The van der Waals surface area contributed by atoms with E-state index in [0.29, 0.717) is 17.3 Å². The largest absolute Gasteiger partial charge is 0.334 e. The van der Waals surface area contributed by atoms with Crippen LogP contribution in [0.1, 0.15) is 29.3 Å². The Balaban J connectivity index is 1.71. The van der Waals surface area contributed by atoms with Gasteiger partial charge in [-0.15, -0.1) is 0 Å². The van der Waals surface area contributed by atoms with Gasteiger partial charge in [0, 0.05) is 31.3 Å². The summed E-state index contributed by atoms with van der Waals surface area (Å²) in [5, 5.41) is 9.27. The van der Waals surface area contributed by atoms with Gasteiger partial charge in [0.25, 0.3) is 0 Å². The minimum absolute atomic E-state index is 0.402. The highest BCUT2D eigenvalue weighted by molar-refractivity contribution is 6.14. The van der Waals surface area contributed by atoms with E-state index in [9.17, 15) is 5.26 Å². The molecule has 5 rings (SSSR count). The van der Waals surface area contributed by atoms with E-state index in [1.165, 1.54) is 0 Å². The molecule has 0 aliphatic rings. The van der Waals surface area contributed by atoms with Gasteiger partial charge in [-0.25, -0.2) is 19.9 Å². The summed E-state index contributed by atoms with van der Waals surface area (Å²) in [5.74, 6) is 1.25. The maximum Gasteiger partial charge on any atom is 0.183 e. The van der Waals surface area contributed by atoms with E-state index >= 15 is 0 Å². The standard InChI is InChI=1S/C29H25N7/c1-4-20-15-23(17-30)31-18-25(20)36(3)26-16-24-28(32-19-35(24)2)29(33-26)34-27(21-11-7-5-8-12-21)22-13-9-6-10-14-22/h5-16,18-19H,4H2,1-3H3. The second kappa shape index (κ2) is 9.80. The van der Waals surface area contributed by atoms with E-state index < -0.39 is 0 Å². The fourth-order valence-corrected chi connectivity index (χ4v) is 4.20. The first-order chi connectivity index (χ1) is 17.6. The third-order valence-electron chi connectivity index (χ3n) is 6.16. The van der Waals surface area contributed by atoms with Crippen LogP contribution in [0.4, 0.5) is 17.3 Å². The van der Waals surface area contributed by atoms with Crippen molar-refractivity contribution in [2.75, 3.05) is 11.9 Å². The zero-order valence-corrected chi connectivity index (χ0v) is 20.4. The number of aliphatic imine (C=N–C) groups is 1. The maximum absolute atomic E-state index is 9.27. The number of rotatable bonds is 6. The van der Waals surface area contributed by atoms with Gasteiger partial charge >= 0.3 is 0 Å². The quantitative estimate of drug-likeness (QED) is 0.295. The van der Waals surface area contributed by atoms with E-state index in [2.05, 4.69) is 23.0 Å². The predicted octanol–water partition coefficient (Wildman–Crippen LogP) is 5.73. The summed E-state index contributed by atoms with van der Waals surface area (Å²) in [5.41, 5.74) is 6.79. The lowest BCUT2D eigenvalue weighted by molar-refractivity contribution is 0.946. The van der Waals surface area contributed by atoms with E-state index in [4.69, 9.17) is 9.98 Å². The molecule has 36 heavy (non-hydrogen) atoms. The first kappa shape index (κ1) is 22.9. The van der Waals surface area contributed by atoms with Crippen molar-refractivity contribution in [3.05, 3.63) is 108 Å². The zero-order chi connectivity index (χ0) is 25.1. The van der Waals surface area contributed by atoms with E-state index in [1.54, 1.807) is 12.5 Å². The number of aromatic nitrogens is 4. The van der Waals surface area contributed by atoms with Crippen molar-refractivity contribution < 1.29 is 0 Å². The van der Waals surface area contributed by atoms with Crippen molar-refractivity contribution in [2.24, 2.45) is 12.0 Å². The molecule has 0 unspecified atom stereocenters. The number of fused-ring (bicyclic) bond motifs is 1. The highest BCUT2D eigenvalue weighted by atomic mass is 15.2. The van der Waals surface area contributed by atoms with Gasteiger partial charge in [0.1, 0.15) is 23.1 Å². The number of imidazole rings is 1. The predicted molar refractivity (Wildman–Crippen MR) is 143 cm³/mol. The molecular formula is C29H25N7. The fraction of sp³-hybridized carbons (Fsp3) is 0.138. The van der Waals surface area contributed by atoms with Crippen LogP contribution in [0.5, 0.6) is 0 Å². The van der Waals surface area contributed by atoms with Crippen LogP contribution in [-0.4, -0.2) is 32.3 Å². The van der Waals surface area contributed by atoms with Crippen LogP contribution < -0.4 is 4.90 Å². The van der Waals surface area contributed by atoms with Crippen molar-refractivity contribution in [3.63, 3.8) is 0 Å². The summed E-state index contributed by atoms with van der Waals surface area (Å²) < 4.78 is 1.97. The summed E-state index contributed by atoms with van der Waals surface area (Å²) in [4.78, 5) is 21.0. The Kier molecular flexibility index (Phi) is 6.25. The number of pyridine rings is 2. The topological polar surface area (TPSA) is 83.0 Å². The Labute approximate surface area is 210 Å². The highest BCUT2D eigenvalue weighted by Gasteiger charge is 2.17. The number of aryl methyl sites for hydroxylation is 2. The molecule has 0 spiro atoms. The molecule has 2 aromatic carbocycles. The molecule has 0 amide bonds. The molecule has 3 heterocycles. The van der Waals surface area contributed by atoms with Crippen LogP contribution in [0.25, 0.3) is 11.0 Å². The first-order valence-electron chi connectivity index (χ1n) is 11.7.